The molecule has 0 saturated carbocycles. The molecule has 1 aliphatic rings. The lowest BCUT2D eigenvalue weighted by Gasteiger charge is -2.37. The Kier molecular flexibility index (Phi) is 4.50. The molecule has 0 aliphatic carbocycles. The predicted molar refractivity (Wildman–Crippen MR) is 114 cm³/mol. The second-order valence-corrected chi connectivity index (χ2v) is 7.75. The van der Waals surface area contributed by atoms with Gasteiger partial charge in [-0.25, -0.2) is 0 Å². The van der Waals surface area contributed by atoms with E-state index in [-0.39, 0.29) is 0 Å². The van der Waals surface area contributed by atoms with E-state index in [0.717, 1.165) is 28.3 Å². The summed E-state index contributed by atoms with van der Waals surface area (Å²) in [7, 11) is 0. The molecule has 154 valence electrons. The number of anilines is 2. The van der Waals surface area contributed by atoms with Crippen LogP contribution in [-0.2, 0) is 6.18 Å². The SMILES string of the molecule is FC(F)(F)c1cccc(N2CCN(c3cccc4c3ncc3c(Cl)ccn34)CC2)c1. The van der Waals surface area contributed by atoms with E-state index in [1.165, 1.54) is 12.1 Å². The number of piperazine rings is 1. The summed E-state index contributed by atoms with van der Waals surface area (Å²) >= 11 is 6.23. The number of rotatable bonds is 2. The van der Waals surface area contributed by atoms with E-state index in [2.05, 4.69) is 9.88 Å². The summed E-state index contributed by atoms with van der Waals surface area (Å²) in [5, 5.41) is 0.657. The Morgan fingerprint density at radius 1 is 0.867 bits per heavy atom. The molecule has 0 amide bonds. The average molecular weight is 431 g/mol. The minimum Gasteiger partial charge on any atom is -0.368 e. The van der Waals surface area contributed by atoms with Crippen LogP contribution in [0.4, 0.5) is 24.5 Å². The van der Waals surface area contributed by atoms with Crippen LogP contribution in [0.15, 0.2) is 60.9 Å². The molecule has 4 nitrogen and oxygen atoms in total. The van der Waals surface area contributed by atoms with Gasteiger partial charge in [0.25, 0.3) is 0 Å². The van der Waals surface area contributed by atoms with Crippen LogP contribution in [0.5, 0.6) is 0 Å². The third-order valence-corrected chi connectivity index (χ3v) is 5.92. The smallest absolute Gasteiger partial charge is 0.368 e. The first-order valence-corrected chi connectivity index (χ1v) is 10.0. The maximum absolute atomic E-state index is 13.0. The van der Waals surface area contributed by atoms with Gasteiger partial charge in [-0.05, 0) is 36.4 Å². The fraction of sp³-hybridized carbons (Fsp3) is 0.227. The summed E-state index contributed by atoms with van der Waals surface area (Å²) in [6, 6.07) is 13.4. The minimum absolute atomic E-state index is 0.601. The highest BCUT2D eigenvalue weighted by Crippen LogP contribution is 2.33. The number of aromatic nitrogens is 2. The third kappa shape index (κ3) is 3.23. The van der Waals surface area contributed by atoms with E-state index in [4.69, 9.17) is 11.6 Å². The highest BCUT2D eigenvalue weighted by Gasteiger charge is 2.31. The van der Waals surface area contributed by atoms with Gasteiger partial charge in [0, 0.05) is 38.1 Å². The topological polar surface area (TPSA) is 23.8 Å². The summed E-state index contributed by atoms with van der Waals surface area (Å²) in [5.41, 5.74) is 3.71. The highest BCUT2D eigenvalue weighted by atomic mass is 35.5. The second kappa shape index (κ2) is 7.09. The normalized spacial score (nSPS) is 15.3. The molecular weight excluding hydrogens is 413 g/mol. The number of nitrogens with zero attached hydrogens (tertiary/aromatic N) is 4. The first kappa shape index (κ1) is 19.1. The van der Waals surface area contributed by atoms with Crippen LogP contribution in [0.2, 0.25) is 5.02 Å². The molecule has 0 atom stereocenters. The molecule has 0 unspecified atom stereocenters. The van der Waals surface area contributed by atoms with Crippen LogP contribution in [0, 0.1) is 0 Å². The van der Waals surface area contributed by atoms with Crippen molar-refractivity contribution in [1.82, 2.24) is 9.38 Å². The molecule has 1 saturated heterocycles. The Labute approximate surface area is 176 Å². The van der Waals surface area contributed by atoms with Crippen molar-refractivity contribution < 1.29 is 13.2 Å². The van der Waals surface area contributed by atoms with E-state index in [9.17, 15) is 13.2 Å². The van der Waals surface area contributed by atoms with Crippen molar-refractivity contribution in [3.63, 3.8) is 0 Å². The van der Waals surface area contributed by atoms with Gasteiger partial charge in [0.2, 0.25) is 0 Å². The van der Waals surface area contributed by atoms with Crippen LogP contribution in [-0.4, -0.2) is 35.6 Å². The van der Waals surface area contributed by atoms with E-state index in [0.29, 0.717) is 36.9 Å². The van der Waals surface area contributed by atoms with Crippen molar-refractivity contribution in [2.45, 2.75) is 6.18 Å². The molecule has 5 rings (SSSR count). The molecule has 0 bridgehead atoms. The largest absolute Gasteiger partial charge is 0.416 e. The number of hydrogen-bond donors (Lipinski definition) is 0. The fourth-order valence-corrected chi connectivity index (χ4v) is 4.26. The third-order valence-electron chi connectivity index (χ3n) is 5.60. The lowest BCUT2D eigenvalue weighted by Crippen LogP contribution is -2.46. The number of hydrogen-bond acceptors (Lipinski definition) is 3. The van der Waals surface area contributed by atoms with Gasteiger partial charge in [-0.3, -0.25) is 4.98 Å². The Morgan fingerprint density at radius 2 is 1.60 bits per heavy atom. The molecule has 1 fully saturated rings. The minimum atomic E-state index is -4.33. The number of benzene rings is 2. The Hall–Kier alpha value is -2.93. The van der Waals surface area contributed by atoms with Crippen molar-refractivity contribution in [3.05, 3.63) is 71.5 Å². The van der Waals surface area contributed by atoms with Crippen LogP contribution in [0.3, 0.4) is 0 Å². The van der Waals surface area contributed by atoms with Crippen molar-refractivity contribution in [3.8, 4) is 0 Å². The van der Waals surface area contributed by atoms with Crippen LogP contribution in [0.25, 0.3) is 16.6 Å². The Balaban J connectivity index is 1.41. The molecule has 0 spiro atoms. The molecule has 3 heterocycles. The average Bonchev–Trinajstić information content (AvgIpc) is 3.14. The van der Waals surface area contributed by atoms with Gasteiger partial charge >= 0.3 is 6.18 Å². The fourth-order valence-electron chi connectivity index (χ4n) is 4.07. The zero-order valence-corrected chi connectivity index (χ0v) is 16.7. The second-order valence-electron chi connectivity index (χ2n) is 7.34. The van der Waals surface area contributed by atoms with Crippen LogP contribution >= 0.6 is 11.6 Å². The van der Waals surface area contributed by atoms with Gasteiger partial charge in [0.05, 0.1) is 33.5 Å². The van der Waals surface area contributed by atoms with Gasteiger partial charge in [0.1, 0.15) is 5.52 Å². The molecule has 2 aromatic carbocycles. The lowest BCUT2D eigenvalue weighted by molar-refractivity contribution is -0.137. The number of para-hydroxylation sites is 1. The maximum atomic E-state index is 13.0. The molecule has 0 N–H and O–H groups in total. The number of fused-ring (bicyclic) bond motifs is 3. The zero-order chi connectivity index (χ0) is 20.9. The Morgan fingerprint density at radius 3 is 2.37 bits per heavy atom. The summed E-state index contributed by atoms with van der Waals surface area (Å²) in [6.07, 6.45) is -0.636. The first-order chi connectivity index (χ1) is 14.4. The summed E-state index contributed by atoms with van der Waals surface area (Å²) in [4.78, 5) is 8.87. The van der Waals surface area contributed by atoms with Crippen molar-refractivity contribution >= 4 is 39.5 Å². The van der Waals surface area contributed by atoms with E-state index < -0.39 is 11.7 Å². The number of halogens is 4. The molecule has 8 heteroatoms. The summed E-state index contributed by atoms with van der Waals surface area (Å²) < 4.78 is 41.1. The summed E-state index contributed by atoms with van der Waals surface area (Å²) in [5.74, 6) is 0. The molecule has 30 heavy (non-hydrogen) atoms. The zero-order valence-electron chi connectivity index (χ0n) is 15.9. The monoisotopic (exact) mass is 430 g/mol. The van der Waals surface area contributed by atoms with E-state index >= 15 is 0 Å². The molecule has 0 radical (unpaired) electrons. The van der Waals surface area contributed by atoms with Crippen molar-refractivity contribution in [2.24, 2.45) is 0 Å². The summed E-state index contributed by atoms with van der Waals surface area (Å²) in [6.45, 7) is 2.66. The van der Waals surface area contributed by atoms with E-state index in [1.54, 1.807) is 12.3 Å². The van der Waals surface area contributed by atoms with E-state index in [1.807, 2.05) is 39.8 Å². The maximum Gasteiger partial charge on any atom is 0.416 e. The van der Waals surface area contributed by atoms with Crippen LogP contribution in [0.1, 0.15) is 5.56 Å². The molecule has 1 aliphatic heterocycles. The molecular formula is C22H18ClF3N4. The predicted octanol–water partition coefficient (Wildman–Crippen LogP) is 5.49. The quantitative estimate of drug-likeness (QED) is 0.420. The van der Waals surface area contributed by atoms with Crippen molar-refractivity contribution in [2.75, 3.05) is 36.0 Å². The molecule has 2 aromatic heterocycles. The van der Waals surface area contributed by atoms with Crippen molar-refractivity contribution in [1.29, 1.82) is 0 Å². The molecule has 4 aromatic rings. The lowest BCUT2D eigenvalue weighted by atomic mass is 10.1. The number of alkyl halides is 3. The van der Waals surface area contributed by atoms with Gasteiger partial charge in [-0.15, -0.1) is 0 Å². The standard InChI is InChI=1S/C22H18ClF3N4/c23-17-7-8-30-19-6-2-5-18(21(19)27-14-20(17)30)29-11-9-28(10-12-29)16-4-1-3-15(13-16)22(24,25)26/h1-8,13-14H,9-12H2. The van der Waals surface area contributed by atoms with Gasteiger partial charge in [-0.1, -0.05) is 23.7 Å². The van der Waals surface area contributed by atoms with Gasteiger partial charge < -0.3 is 14.2 Å². The first-order valence-electron chi connectivity index (χ1n) is 9.63. The van der Waals surface area contributed by atoms with Gasteiger partial charge in [0.15, 0.2) is 0 Å². The Bertz CT molecular complexity index is 1230. The highest BCUT2D eigenvalue weighted by molar-refractivity contribution is 6.34. The van der Waals surface area contributed by atoms with Gasteiger partial charge in [-0.2, -0.15) is 13.2 Å². The van der Waals surface area contributed by atoms with Crippen LogP contribution < -0.4 is 9.80 Å².